The first-order valence-electron chi connectivity index (χ1n) is 9.50. The highest BCUT2D eigenvalue weighted by atomic mass is 16.5. The number of hydrogen-bond acceptors (Lipinski definition) is 4. The summed E-state index contributed by atoms with van der Waals surface area (Å²) in [6, 6.07) is -1.01. The van der Waals surface area contributed by atoms with E-state index in [0.29, 0.717) is 11.6 Å². The van der Waals surface area contributed by atoms with Crippen LogP contribution in [0.15, 0.2) is 0 Å². The molecule has 0 saturated heterocycles. The standard InChI is InChI=1S/C18H38N2O3/c1-2-3-4-5-6-7-8-9-10-11-12-13-14-15-20(23)18(22)17(19)16-21/h17,21,23H,2-16,19H2,1H3. The summed E-state index contributed by atoms with van der Waals surface area (Å²) in [6.45, 7) is 2.11. The highest BCUT2D eigenvalue weighted by Crippen LogP contribution is 2.12. The quantitative estimate of drug-likeness (QED) is 0.229. The van der Waals surface area contributed by atoms with E-state index in [1.54, 1.807) is 0 Å². The van der Waals surface area contributed by atoms with E-state index < -0.39 is 18.6 Å². The number of aliphatic hydroxyl groups is 1. The van der Waals surface area contributed by atoms with Gasteiger partial charge >= 0.3 is 0 Å². The summed E-state index contributed by atoms with van der Waals surface area (Å²) in [7, 11) is 0. The first-order chi connectivity index (χ1) is 11.1. The number of carbonyl (C=O) groups excluding carboxylic acids is 1. The van der Waals surface area contributed by atoms with Gasteiger partial charge in [-0.3, -0.25) is 10.0 Å². The van der Waals surface area contributed by atoms with E-state index in [1.165, 1.54) is 64.2 Å². The average Bonchev–Trinajstić information content (AvgIpc) is 2.57. The molecule has 0 radical (unpaired) electrons. The molecule has 0 aromatic carbocycles. The van der Waals surface area contributed by atoms with Crippen molar-refractivity contribution < 1.29 is 15.1 Å². The lowest BCUT2D eigenvalue weighted by molar-refractivity contribution is -0.168. The number of hydrogen-bond donors (Lipinski definition) is 3. The number of hydroxylamine groups is 2. The second-order valence-electron chi connectivity index (χ2n) is 6.49. The van der Waals surface area contributed by atoms with Crippen LogP contribution >= 0.6 is 0 Å². The van der Waals surface area contributed by atoms with Crippen molar-refractivity contribution in [2.24, 2.45) is 5.73 Å². The van der Waals surface area contributed by atoms with E-state index >= 15 is 0 Å². The van der Waals surface area contributed by atoms with Crippen LogP contribution in [0.4, 0.5) is 0 Å². The van der Waals surface area contributed by atoms with E-state index in [4.69, 9.17) is 10.8 Å². The Morgan fingerprint density at radius 3 is 1.65 bits per heavy atom. The zero-order valence-corrected chi connectivity index (χ0v) is 15.0. The molecule has 5 heteroatoms. The summed E-state index contributed by atoms with van der Waals surface area (Å²) in [6.07, 6.45) is 16.4. The molecule has 0 spiro atoms. The van der Waals surface area contributed by atoms with Gasteiger partial charge in [0.2, 0.25) is 0 Å². The van der Waals surface area contributed by atoms with Crippen LogP contribution in [-0.2, 0) is 4.79 Å². The highest BCUT2D eigenvalue weighted by molar-refractivity contribution is 5.80. The monoisotopic (exact) mass is 330 g/mol. The van der Waals surface area contributed by atoms with E-state index in [0.717, 1.165) is 19.3 Å². The molecule has 4 N–H and O–H groups in total. The lowest BCUT2D eigenvalue weighted by Gasteiger charge is -2.17. The molecule has 0 aliphatic rings. The fourth-order valence-corrected chi connectivity index (χ4v) is 2.66. The Labute approximate surface area is 142 Å². The van der Waals surface area contributed by atoms with Crippen molar-refractivity contribution in [1.29, 1.82) is 0 Å². The third-order valence-corrected chi connectivity index (χ3v) is 4.24. The predicted octanol–water partition coefficient (Wildman–Crippen LogP) is 3.62. The van der Waals surface area contributed by atoms with Crippen molar-refractivity contribution in [2.45, 2.75) is 96.4 Å². The largest absolute Gasteiger partial charge is 0.394 e. The maximum Gasteiger partial charge on any atom is 0.265 e. The second kappa shape index (κ2) is 16.2. The SMILES string of the molecule is CCCCCCCCCCCCCCCN(O)C(=O)C(N)CO. The molecular weight excluding hydrogens is 292 g/mol. The summed E-state index contributed by atoms with van der Waals surface area (Å²) in [5.41, 5.74) is 5.36. The van der Waals surface area contributed by atoms with Crippen molar-refractivity contribution in [1.82, 2.24) is 5.06 Å². The van der Waals surface area contributed by atoms with Crippen molar-refractivity contribution in [3.63, 3.8) is 0 Å². The summed E-state index contributed by atoms with van der Waals surface area (Å²) >= 11 is 0. The molecule has 0 saturated carbocycles. The molecule has 1 unspecified atom stereocenters. The van der Waals surface area contributed by atoms with Crippen molar-refractivity contribution in [2.75, 3.05) is 13.2 Å². The van der Waals surface area contributed by atoms with Gasteiger partial charge in [-0.25, -0.2) is 5.06 Å². The van der Waals surface area contributed by atoms with Crippen LogP contribution in [0.3, 0.4) is 0 Å². The molecule has 0 fully saturated rings. The number of nitrogens with two attached hydrogens (primary N) is 1. The van der Waals surface area contributed by atoms with Crippen molar-refractivity contribution in [3.8, 4) is 0 Å². The molecule has 0 heterocycles. The Kier molecular flexibility index (Phi) is 15.8. The minimum atomic E-state index is -1.01. The van der Waals surface area contributed by atoms with Crippen molar-refractivity contribution in [3.05, 3.63) is 0 Å². The van der Waals surface area contributed by atoms with Crippen LogP contribution in [0.1, 0.15) is 90.4 Å². The van der Waals surface area contributed by atoms with E-state index in [2.05, 4.69) is 6.92 Å². The van der Waals surface area contributed by atoms with Crippen LogP contribution in [0.2, 0.25) is 0 Å². The molecule has 0 bridgehead atoms. The molecule has 0 aliphatic heterocycles. The van der Waals surface area contributed by atoms with E-state index in [1.807, 2.05) is 0 Å². The minimum absolute atomic E-state index is 0.296. The number of nitrogens with zero attached hydrogens (tertiary/aromatic N) is 1. The number of carbonyl (C=O) groups is 1. The first-order valence-corrected chi connectivity index (χ1v) is 9.50. The van der Waals surface area contributed by atoms with Gasteiger partial charge in [-0.05, 0) is 6.42 Å². The van der Waals surface area contributed by atoms with E-state index in [-0.39, 0.29) is 0 Å². The summed E-state index contributed by atoms with van der Waals surface area (Å²) in [4.78, 5) is 11.4. The second-order valence-corrected chi connectivity index (χ2v) is 6.49. The third kappa shape index (κ3) is 13.5. The van der Waals surface area contributed by atoms with Crippen LogP contribution in [0.5, 0.6) is 0 Å². The van der Waals surface area contributed by atoms with Gasteiger partial charge in [0, 0.05) is 6.54 Å². The number of rotatable bonds is 16. The van der Waals surface area contributed by atoms with Crippen LogP contribution in [-0.4, -0.2) is 40.5 Å². The molecule has 5 nitrogen and oxygen atoms in total. The lowest BCUT2D eigenvalue weighted by Crippen LogP contribution is -2.44. The van der Waals surface area contributed by atoms with Gasteiger partial charge in [0.15, 0.2) is 0 Å². The van der Waals surface area contributed by atoms with Gasteiger partial charge < -0.3 is 10.8 Å². The fraction of sp³-hybridized carbons (Fsp3) is 0.944. The van der Waals surface area contributed by atoms with Gasteiger partial charge in [0.1, 0.15) is 6.04 Å². The normalized spacial score (nSPS) is 12.3. The smallest absolute Gasteiger partial charge is 0.265 e. The Morgan fingerprint density at radius 2 is 1.26 bits per heavy atom. The Morgan fingerprint density at radius 1 is 0.870 bits per heavy atom. The molecule has 1 amide bonds. The average molecular weight is 331 g/mol. The van der Waals surface area contributed by atoms with Crippen LogP contribution in [0.25, 0.3) is 0 Å². The van der Waals surface area contributed by atoms with Crippen molar-refractivity contribution >= 4 is 5.91 Å². The lowest BCUT2D eigenvalue weighted by atomic mass is 10.0. The molecular formula is C18H38N2O3. The zero-order valence-electron chi connectivity index (χ0n) is 15.0. The Balaban J connectivity index is 3.26. The van der Waals surface area contributed by atoms with Gasteiger partial charge in [-0.2, -0.15) is 0 Å². The molecule has 0 aliphatic carbocycles. The summed E-state index contributed by atoms with van der Waals surface area (Å²) in [5, 5.41) is 18.9. The molecule has 0 aromatic heterocycles. The molecule has 0 aromatic rings. The Bertz CT molecular complexity index is 275. The maximum absolute atomic E-state index is 11.4. The Hall–Kier alpha value is -0.650. The molecule has 23 heavy (non-hydrogen) atoms. The summed E-state index contributed by atoms with van der Waals surface area (Å²) < 4.78 is 0. The van der Waals surface area contributed by atoms with Crippen LogP contribution in [0, 0.1) is 0 Å². The summed E-state index contributed by atoms with van der Waals surface area (Å²) in [5.74, 6) is -0.605. The zero-order chi connectivity index (χ0) is 17.3. The minimum Gasteiger partial charge on any atom is -0.394 e. The van der Waals surface area contributed by atoms with Gasteiger partial charge in [0.05, 0.1) is 6.61 Å². The predicted molar refractivity (Wildman–Crippen MR) is 94.3 cm³/mol. The fourth-order valence-electron chi connectivity index (χ4n) is 2.66. The van der Waals surface area contributed by atoms with Gasteiger partial charge in [-0.15, -0.1) is 0 Å². The first kappa shape index (κ1) is 22.4. The van der Waals surface area contributed by atoms with E-state index in [9.17, 15) is 10.0 Å². The number of amides is 1. The molecule has 138 valence electrons. The van der Waals surface area contributed by atoms with Gasteiger partial charge in [-0.1, -0.05) is 84.0 Å². The topological polar surface area (TPSA) is 86.8 Å². The van der Waals surface area contributed by atoms with Crippen LogP contribution < -0.4 is 5.73 Å². The maximum atomic E-state index is 11.4. The third-order valence-electron chi connectivity index (χ3n) is 4.24. The molecule has 0 rings (SSSR count). The number of unbranched alkanes of at least 4 members (excludes halogenated alkanes) is 12. The van der Waals surface area contributed by atoms with Gasteiger partial charge in [0.25, 0.3) is 5.91 Å². The number of aliphatic hydroxyl groups excluding tert-OH is 1. The highest BCUT2D eigenvalue weighted by Gasteiger charge is 2.17. The molecule has 1 atom stereocenters.